The van der Waals surface area contributed by atoms with E-state index in [-0.39, 0.29) is 11.9 Å². The van der Waals surface area contributed by atoms with Crippen LogP contribution in [-0.4, -0.2) is 42.3 Å². The lowest BCUT2D eigenvalue weighted by molar-refractivity contribution is 0.0609. The van der Waals surface area contributed by atoms with Gasteiger partial charge in [-0.2, -0.15) is 0 Å². The standard InChI is InChI=1S/C19H22N6OS/c1-11-9-20-18(22-11)15-8-14(23-13(3)24-15)16-6-4-5-7-25(16)19(26)17-12(2)21-10-27-17/h8-10,16H,4-7H2,1-3H3,(H,20,22). The van der Waals surface area contributed by atoms with E-state index in [9.17, 15) is 4.79 Å². The average Bonchev–Trinajstić information content (AvgIpc) is 3.29. The number of likely N-dealkylation sites (tertiary alicyclic amines) is 1. The predicted molar refractivity (Wildman–Crippen MR) is 104 cm³/mol. The quantitative estimate of drug-likeness (QED) is 0.747. The number of aryl methyl sites for hydroxylation is 3. The van der Waals surface area contributed by atoms with Crippen LogP contribution in [0.4, 0.5) is 0 Å². The third kappa shape index (κ3) is 3.49. The zero-order valence-electron chi connectivity index (χ0n) is 15.7. The summed E-state index contributed by atoms with van der Waals surface area (Å²) < 4.78 is 0. The van der Waals surface area contributed by atoms with Gasteiger partial charge in [0.25, 0.3) is 5.91 Å². The first-order chi connectivity index (χ1) is 13.0. The van der Waals surface area contributed by atoms with E-state index in [1.54, 1.807) is 11.7 Å². The fraction of sp³-hybridized carbons (Fsp3) is 0.421. The molecule has 1 amide bonds. The van der Waals surface area contributed by atoms with Gasteiger partial charge in [0.1, 0.15) is 16.4 Å². The fourth-order valence-electron chi connectivity index (χ4n) is 3.55. The van der Waals surface area contributed by atoms with Crippen LogP contribution in [0.2, 0.25) is 0 Å². The molecule has 1 aliphatic heterocycles. The number of hydrogen-bond acceptors (Lipinski definition) is 6. The summed E-state index contributed by atoms with van der Waals surface area (Å²) in [6.45, 7) is 6.46. The Morgan fingerprint density at radius 2 is 2.07 bits per heavy atom. The molecule has 1 N–H and O–H groups in total. The highest BCUT2D eigenvalue weighted by molar-refractivity contribution is 7.11. The van der Waals surface area contributed by atoms with Crippen molar-refractivity contribution >= 4 is 17.2 Å². The Hall–Kier alpha value is -2.61. The second-order valence-corrected chi connectivity index (χ2v) is 7.77. The zero-order chi connectivity index (χ0) is 19.0. The highest BCUT2D eigenvalue weighted by atomic mass is 32.1. The van der Waals surface area contributed by atoms with Crippen LogP contribution in [0, 0.1) is 20.8 Å². The third-order valence-electron chi connectivity index (χ3n) is 4.85. The maximum atomic E-state index is 13.1. The summed E-state index contributed by atoms with van der Waals surface area (Å²) in [7, 11) is 0. The maximum Gasteiger partial charge on any atom is 0.266 e. The van der Waals surface area contributed by atoms with Crippen LogP contribution in [0.15, 0.2) is 17.8 Å². The average molecular weight is 382 g/mol. The summed E-state index contributed by atoms with van der Waals surface area (Å²) in [5.41, 5.74) is 5.14. The van der Waals surface area contributed by atoms with E-state index < -0.39 is 0 Å². The Bertz CT molecular complexity index is 978. The van der Waals surface area contributed by atoms with Crippen molar-refractivity contribution in [3.8, 4) is 11.5 Å². The van der Waals surface area contributed by atoms with Gasteiger partial charge in [-0.1, -0.05) is 0 Å². The van der Waals surface area contributed by atoms with E-state index in [4.69, 9.17) is 0 Å². The number of carbonyl (C=O) groups excluding carboxylic acids is 1. The van der Waals surface area contributed by atoms with Crippen molar-refractivity contribution in [3.63, 3.8) is 0 Å². The van der Waals surface area contributed by atoms with Crippen LogP contribution in [-0.2, 0) is 0 Å². The van der Waals surface area contributed by atoms with Crippen molar-refractivity contribution < 1.29 is 4.79 Å². The lowest BCUT2D eigenvalue weighted by Gasteiger charge is -2.35. The van der Waals surface area contributed by atoms with E-state index in [2.05, 4.69) is 24.9 Å². The van der Waals surface area contributed by atoms with Gasteiger partial charge in [0.15, 0.2) is 5.82 Å². The van der Waals surface area contributed by atoms with E-state index in [1.165, 1.54) is 11.3 Å². The number of amides is 1. The molecule has 7 nitrogen and oxygen atoms in total. The van der Waals surface area contributed by atoms with Crippen LogP contribution >= 0.6 is 11.3 Å². The Morgan fingerprint density at radius 3 is 2.78 bits per heavy atom. The van der Waals surface area contributed by atoms with Crippen LogP contribution in [0.1, 0.15) is 57.9 Å². The summed E-state index contributed by atoms with van der Waals surface area (Å²) in [6, 6.07) is 1.91. The molecule has 0 bridgehead atoms. The number of carbonyl (C=O) groups is 1. The SMILES string of the molecule is Cc1nc(-c2ncc(C)[nH]2)cc(C2CCCCN2C(=O)c2scnc2C)n1. The fourth-order valence-corrected chi connectivity index (χ4v) is 4.30. The molecule has 0 saturated carbocycles. The number of aromatic amines is 1. The van der Waals surface area contributed by atoms with E-state index in [1.807, 2.05) is 31.7 Å². The second-order valence-electron chi connectivity index (χ2n) is 6.92. The van der Waals surface area contributed by atoms with Crippen molar-refractivity contribution in [2.75, 3.05) is 6.54 Å². The van der Waals surface area contributed by atoms with E-state index in [0.717, 1.165) is 59.3 Å². The number of nitrogens with zero attached hydrogens (tertiary/aromatic N) is 5. The topological polar surface area (TPSA) is 87.7 Å². The summed E-state index contributed by atoms with van der Waals surface area (Å²) in [4.78, 5) is 36.9. The molecular weight excluding hydrogens is 360 g/mol. The van der Waals surface area contributed by atoms with Gasteiger partial charge in [-0.15, -0.1) is 11.3 Å². The minimum Gasteiger partial charge on any atom is -0.341 e. The highest BCUT2D eigenvalue weighted by Crippen LogP contribution is 2.33. The summed E-state index contributed by atoms with van der Waals surface area (Å²) in [6.07, 6.45) is 4.77. The summed E-state index contributed by atoms with van der Waals surface area (Å²) >= 11 is 1.40. The van der Waals surface area contributed by atoms with Crippen molar-refractivity contribution in [2.24, 2.45) is 0 Å². The van der Waals surface area contributed by atoms with Crippen molar-refractivity contribution in [2.45, 2.75) is 46.1 Å². The normalized spacial score (nSPS) is 17.3. The zero-order valence-corrected chi connectivity index (χ0v) is 16.5. The Balaban J connectivity index is 1.71. The highest BCUT2D eigenvalue weighted by Gasteiger charge is 2.31. The Kier molecular flexibility index (Phi) is 4.73. The lowest BCUT2D eigenvalue weighted by atomic mass is 9.98. The number of rotatable bonds is 3. The van der Waals surface area contributed by atoms with Crippen LogP contribution in [0.3, 0.4) is 0 Å². The molecule has 3 aromatic heterocycles. The van der Waals surface area contributed by atoms with Crippen LogP contribution < -0.4 is 0 Å². The number of hydrogen-bond donors (Lipinski definition) is 1. The van der Waals surface area contributed by atoms with Gasteiger partial charge in [-0.3, -0.25) is 4.79 Å². The van der Waals surface area contributed by atoms with Crippen molar-refractivity contribution in [1.82, 2.24) is 29.8 Å². The van der Waals surface area contributed by atoms with Gasteiger partial charge in [0, 0.05) is 18.4 Å². The number of aromatic nitrogens is 5. The third-order valence-corrected chi connectivity index (χ3v) is 5.76. The molecule has 0 aromatic carbocycles. The monoisotopic (exact) mass is 382 g/mol. The van der Waals surface area contributed by atoms with E-state index >= 15 is 0 Å². The Morgan fingerprint density at radius 1 is 1.22 bits per heavy atom. The second kappa shape index (κ2) is 7.19. The molecule has 1 aliphatic rings. The molecule has 27 heavy (non-hydrogen) atoms. The predicted octanol–water partition coefficient (Wildman–Crippen LogP) is 3.62. The van der Waals surface area contributed by atoms with Crippen LogP contribution in [0.5, 0.6) is 0 Å². The van der Waals surface area contributed by atoms with Gasteiger partial charge in [0.05, 0.1) is 22.9 Å². The summed E-state index contributed by atoms with van der Waals surface area (Å²) in [5, 5.41) is 0. The van der Waals surface area contributed by atoms with Crippen molar-refractivity contribution in [1.29, 1.82) is 0 Å². The molecule has 1 fully saturated rings. The first-order valence-corrected chi connectivity index (χ1v) is 9.99. The van der Waals surface area contributed by atoms with Crippen LogP contribution in [0.25, 0.3) is 11.5 Å². The van der Waals surface area contributed by atoms with Gasteiger partial charge in [-0.25, -0.2) is 19.9 Å². The smallest absolute Gasteiger partial charge is 0.266 e. The molecule has 0 aliphatic carbocycles. The first-order valence-electron chi connectivity index (χ1n) is 9.11. The number of imidazole rings is 1. The first kappa shape index (κ1) is 17.8. The number of nitrogens with one attached hydrogen (secondary N) is 1. The van der Waals surface area contributed by atoms with Gasteiger partial charge in [0.2, 0.25) is 0 Å². The molecule has 0 spiro atoms. The summed E-state index contributed by atoms with van der Waals surface area (Å²) in [5.74, 6) is 1.46. The molecule has 4 rings (SSSR count). The van der Waals surface area contributed by atoms with E-state index in [0.29, 0.717) is 5.82 Å². The Labute approximate surface area is 161 Å². The number of thiazole rings is 1. The lowest BCUT2D eigenvalue weighted by Crippen LogP contribution is -2.39. The molecule has 1 atom stereocenters. The molecule has 140 valence electrons. The minimum absolute atomic E-state index is 0.0476. The molecule has 1 saturated heterocycles. The molecular formula is C19H22N6OS. The molecule has 3 aromatic rings. The van der Waals surface area contributed by atoms with Gasteiger partial charge in [-0.05, 0) is 46.1 Å². The van der Waals surface area contributed by atoms with Gasteiger partial charge >= 0.3 is 0 Å². The molecule has 0 radical (unpaired) electrons. The number of H-pyrrole nitrogens is 1. The largest absolute Gasteiger partial charge is 0.341 e. The molecule has 1 unspecified atom stereocenters. The van der Waals surface area contributed by atoms with Gasteiger partial charge < -0.3 is 9.88 Å². The van der Waals surface area contributed by atoms with Crippen molar-refractivity contribution in [3.05, 3.63) is 45.6 Å². The maximum absolute atomic E-state index is 13.1. The number of piperidine rings is 1. The molecule has 8 heteroatoms. The molecule has 4 heterocycles. The minimum atomic E-state index is -0.0516.